The molecule has 38 heavy (non-hydrogen) atoms. The first kappa shape index (κ1) is 25.9. The maximum atomic E-state index is 12.0. The van der Waals surface area contributed by atoms with E-state index in [9.17, 15) is 9.90 Å². The summed E-state index contributed by atoms with van der Waals surface area (Å²) in [5.74, 6) is 2.49. The number of aliphatic carboxylic acids is 1. The van der Waals surface area contributed by atoms with Crippen LogP contribution in [0.15, 0.2) is 77.2 Å². The van der Waals surface area contributed by atoms with Crippen molar-refractivity contribution in [1.82, 2.24) is 9.88 Å². The number of carboxylic acid groups (broad SMARTS) is 1. The molecule has 0 spiro atoms. The van der Waals surface area contributed by atoms with Crippen LogP contribution >= 0.6 is 11.8 Å². The minimum Gasteiger partial charge on any atom is -0.497 e. The van der Waals surface area contributed by atoms with Crippen molar-refractivity contribution in [3.63, 3.8) is 0 Å². The first-order chi connectivity index (χ1) is 18.4. The van der Waals surface area contributed by atoms with E-state index in [0.717, 1.165) is 39.5 Å². The highest BCUT2D eigenvalue weighted by Gasteiger charge is 2.39. The normalized spacial score (nSPS) is 17.4. The predicted octanol–water partition coefficient (Wildman–Crippen LogP) is 6.25. The third-order valence-electron chi connectivity index (χ3n) is 6.71. The van der Waals surface area contributed by atoms with E-state index in [2.05, 4.69) is 4.98 Å². The first-order valence-electron chi connectivity index (χ1n) is 12.4. The van der Waals surface area contributed by atoms with Crippen LogP contribution in [0.25, 0.3) is 11.5 Å². The Morgan fingerprint density at radius 1 is 1.08 bits per heavy atom. The van der Waals surface area contributed by atoms with Crippen LogP contribution in [-0.2, 0) is 17.9 Å². The topological polar surface area (TPSA) is 85.0 Å². The van der Waals surface area contributed by atoms with Gasteiger partial charge >= 0.3 is 5.97 Å². The number of hydrogen-bond acceptors (Lipinski definition) is 7. The molecular weight excluding hydrogens is 500 g/mol. The summed E-state index contributed by atoms with van der Waals surface area (Å²) in [6, 6.07) is 23.0. The highest BCUT2D eigenvalue weighted by Crippen LogP contribution is 2.43. The van der Waals surface area contributed by atoms with Crippen molar-refractivity contribution in [1.29, 1.82) is 0 Å². The fourth-order valence-electron chi connectivity index (χ4n) is 4.59. The largest absolute Gasteiger partial charge is 0.497 e. The molecular formula is C30H30N2O5S. The maximum Gasteiger partial charge on any atom is 0.321 e. The molecule has 5 rings (SSSR count). The summed E-state index contributed by atoms with van der Waals surface area (Å²) in [5.41, 5.74) is 4.84. The number of carbonyl (C=O) groups is 1. The van der Waals surface area contributed by atoms with Crippen LogP contribution in [0, 0.1) is 13.8 Å². The van der Waals surface area contributed by atoms with Crippen molar-refractivity contribution in [2.24, 2.45) is 0 Å². The first-order valence-corrected chi connectivity index (χ1v) is 13.5. The average Bonchev–Trinajstić information content (AvgIpc) is 3.51. The van der Waals surface area contributed by atoms with Crippen molar-refractivity contribution in [3.8, 4) is 23.0 Å². The molecule has 2 unspecified atom stereocenters. The van der Waals surface area contributed by atoms with Crippen molar-refractivity contribution in [2.75, 3.05) is 12.9 Å². The number of nitrogens with zero attached hydrogens (tertiary/aromatic N) is 2. The minimum atomic E-state index is -0.813. The lowest BCUT2D eigenvalue weighted by molar-refractivity contribution is -0.142. The fourth-order valence-corrected chi connectivity index (χ4v) is 6.05. The summed E-state index contributed by atoms with van der Waals surface area (Å²) < 4.78 is 17.3. The van der Waals surface area contributed by atoms with E-state index in [1.807, 2.05) is 91.5 Å². The molecule has 1 N–H and O–H groups in total. The summed E-state index contributed by atoms with van der Waals surface area (Å²) in [6.07, 6.45) is 0. The van der Waals surface area contributed by atoms with Crippen molar-refractivity contribution < 1.29 is 23.8 Å². The molecule has 0 bridgehead atoms. The van der Waals surface area contributed by atoms with Gasteiger partial charge in [-0.25, -0.2) is 4.98 Å². The zero-order chi connectivity index (χ0) is 26.6. The number of ether oxygens (including phenoxy) is 2. The molecule has 4 aromatic rings. The highest BCUT2D eigenvalue weighted by atomic mass is 32.2. The predicted molar refractivity (Wildman–Crippen MR) is 147 cm³/mol. The second kappa shape index (κ2) is 11.3. The van der Waals surface area contributed by atoms with Gasteiger partial charge in [0.2, 0.25) is 5.89 Å². The van der Waals surface area contributed by atoms with Crippen LogP contribution < -0.4 is 9.47 Å². The van der Waals surface area contributed by atoms with Crippen LogP contribution in [-0.4, -0.2) is 39.9 Å². The van der Waals surface area contributed by atoms with E-state index in [1.165, 1.54) is 0 Å². The molecule has 1 saturated heterocycles. The second-order valence-electron chi connectivity index (χ2n) is 9.26. The summed E-state index contributed by atoms with van der Waals surface area (Å²) in [4.78, 5) is 18.7. The molecule has 0 aliphatic carbocycles. The molecule has 7 nitrogen and oxygen atoms in total. The molecule has 2 atom stereocenters. The van der Waals surface area contributed by atoms with Crippen LogP contribution in [0.2, 0.25) is 0 Å². The van der Waals surface area contributed by atoms with Gasteiger partial charge in [-0.2, -0.15) is 0 Å². The zero-order valence-electron chi connectivity index (χ0n) is 21.6. The minimum absolute atomic E-state index is 0.0655. The van der Waals surface area contributed by atoms with Crippen LogP contribution in [0.5, 0.6) is 11.5 Å². The third kappa shape index (κ3) is 5.56. The molecule has 0 amide bonds. The summed E-state index contributed by atoms with van der Waals surface area (Å²) >= 11 is 1.64. The summed E-state index contributed by atoms with van der Waals surface area (Å²) in [7, 11) is 1.63. The monoisotopic (exact) mass is 530 g/mol. The number of rotatable bonds is 9. The van der Waals surface area contributed by atoms with Crippen LogP contribution in [0.4, 0.5) is 0 Å². The maximum absolute atomic E-state index is 12.0. The van der Waals surface area contributed by atoms with Crippen molar-refractivity contribution in [2.45, 2.75) is 38.4 Å². The molecule has 1 aliphatic heterocycles. The summed E-state index contributed by atoms with van der Waals surface area (Å²) in [6.45, 7) is 4.68. The Bertz CT molecular complexity index is 1420. The van der Waals surface area contributed by atoms with E-state index in [0.29, 0.717) is 23.9 Å². The smallest absolute Gasteiger partial charge is 0.321 e. The number of hydrogen-bond donors (Lipinski definition) is 1. The molecule has 2 heterocycles. The molecule has 0 radical (unpaired) electrons. The van der Waals surface area contributed by atoms with E-state index >= 15 is 0 Å². The molecule has 3 aromatic carbocycles. The Morgan fingerprint density at radius 3 is 2.61 bits per heavy atom. The molecule has 1 aliphatic rings. The zero-order valence-corrected chi connectivity index (χ0v) is 22.4. The SMILES string of the molecule is COc1ccc(C2SCC(C(=O)O)N2Cc2cccc(OCc3nc(-c4ccccc4C)oc3C)c2)cc1. The van der Waals surface area contributed by atoms with Gasteiger partial charge in [0.05, 0.1) is 12.5 Å². The lowest BCUT2D eigenvalue weighted by Gasteiger charge is -2.27. The Balaban J connectivity index is 1.30. The van der Waals surface area contributed by atoms with Gasteiger partial charge in [-0.15, -0.1) is 11.8 Å². The van der Waals surface area contributed by atoms with E-state index in [-0.39, 0.29) is 12.0 Å². The van der Waals surface area contributed by atoms with Gasteiger partial charge in [-0.3, -0.25) is 9.69 Å². The lowest BCUT2D eigenvalue weighted by atomic mass is 10.1. The van der Waals surface area contributed by atoms with Crippen LogP contribution in [0.1, 0.15) is 33.5 Å². The van der Waals surface area contributed by atoms with E-state index in [4.69, 9.17) is 13.9 Å². The number of oxazole rings is 1. The molecule has 0 saturated carbocycles. The standard InChI is InChI=1S/C30H30N2O5S/c1-19-7-4-5-10-25(19)28-31-26(20(2)37-28)17-36-24-9-6-8-21(15-24)16-32-27(30(33)34)18-38-29(32)22-11-13-23(35-3)14-12-22/h4-15,27,29H,16-18H2,1-3H3,(H,33,34). The van der Waals surface area contributed by atoms with Crippen molar-refractivity contribution in [3.05, 3.63) is 101 Å². The third-order valence-corrected chi connectivity index (χ3v) is 8.07. The molecule has 1 aromatic heterocycles. The fraction of sp³-hybridized carbons (Fsp3) is 0.267. The number of thioether (sulfide) groups is 1. The number of benzene rings is 3. The second-order valence-corrected chi connectivity index (χ2v) is 10.4. The van der Waals surface area contributed by atoms with Gasteiger partial charge < -0.3 is 19.0 Å². The number of aromatic nitrogens is 1. The van der Waals surface area contributed by atoms with E-state index < -0.39 is 12.0 Å². The van der Waals surface area contributed by atoms with Crippen molar-refractivity contribution >= 4 is 17.7 Å². The lowest BCUT2D eigenvalue weighted by Crippen LogP contribution is -2.38. The molecule has 8 heteroatoms. The number of aryl methyl sites for hydroxylation is 2. The average molecular weight is 531 g/mol. The van der Waals surface area contributed by atoms with Gasteiger partial charge in [-0.1, -0.05) is 42.5 Å². The van der Waals surface area contributed by atoms with Gasteiger partial charge in [0.1, 0.15) is 35.6 Å². The Kier molecular flexibility index (Phi) is 7.72. The Labute approximate surface area is 226 Å². The van der Waals surface area contributed by atoms with Gasteiger partial charge in [-0.05, 0) is 60.9 Å². The summed E-state index contributed by atoms with van der Waals surface area (Å²) in [5, 5.41) is 9.82. The van der Waals surface area contributed by atoms with Gasteiger partial charge in [0.25, 0.3) is 0 Å². The Hall–Kier alpha value is -3.75. The van der Waals surface area contributed by atoms with Crippen LogP contribution in [0.3, 0.4) is 0 Å². The Morgan fingerprint density at radius 2 is 1.87 bits per heavy atom. The molecule has 1 fully saturated rings. The number of methoxy groups -OCH3 is 1. The highest BCUT2D eigenvalue weighted by molar-refractivity contribution is 7.99. The van der Waals surface area contributed by atoms with Gasteiger partial charge in [0.15, 0.2) is 0 Å². The van der Waals surface area contributed by atoms with Gasteiger partial charge in [0, 0.05) is 17.9 Å². The quantitative estimate of drug-likeness (QED) is 0.272. The van der Waals surface area contributed by atoms with E-state index in [1.54, 1.807) is 18.9 Å². The number of carboxylic acids is 1. The molecule has 196 valence electrons.